The van der Waals surface area contributed by atoms with Gasteiger partial charge in [0.2, 0.25) is 5.13 Å². The summed E-state index contributed by atoms with van der Waals surface area (Å²) in [6.45, 7) is 2.00. The number of rotatable bonds is 8. The largest absolute Gasteiger partial charge is 0.487 e. The van der Waals surface area contributed by atoms with Crippen LogP contribution in [-0.2, 0) is 12.4 Å². The number of ether oxygens (including phenoxy) is 1. The molecule has 0 fully saturated rings. The molecule has 2 aromatic carbocycles. The fraction of sp³-hybridized carbons (Fsp3) is 0.150. The molecule has 0 radical (unpaired) electrons. The average Bonchev–Trinajstić information content (AvgIpc) is 3.40. The average molecular weight is 458 g/mol. The van der Waals surface area contributed by atoms with E-state index < -0.39 is 0 Å². The van der Waals surface area contributed by atoms with Gasteiger partial charge in [-0.15, -0.1) is 10.2 Å². The summed E-state index contributed by atoms with van der Waals surface area (Å²) in [6.07, 6.45) is 0. The fourth-order valence-corrected chi connectivity index (χ4v) is 4.21. The Morgan fingerprint density at radius 3 is 2.71 bits per heavy atom. The standard InChI is InChI=1S/C20H16FN5O3S2/c1-12-17(26-29-25-12)10-28-15-8-6-13(7-9-15)18(27)22-19-23-24-20(31-19)30-11-14-4-2-3-5-16(14)21/h2-9H,10-11H2,1H3,(H,22,23,27). The van der Waals surface area contributed by atoms with E-state index in [-0.39, 0.29) is 18.3 Å². The van der Waals surface area contributed by atoms with Gasteiger partial charge in [-0.2, -0.15) is 0 Å². The highest BCUT2D eigenvalue weighted by molar-refractivity contribution is 8.00. The van der Waals surface area contributed by atoms with E-state index in [1.54, 1.807) is 49.4 Å². The topological polar surface area (TPSA) is 103 Å². The first-order valence-electron chi connectivity index (χ1n) is 9.10. The van der Waals surface area contributed by atoms with Gasteiger partial charge in [-0.05, 0) is 42.8 Å². The van der Waals surface area contributed by atoms with Crippen molar-refractivity contribution >= 4 is 34.1 Å². The Bertz CT molecular complexity index is 1180. The first kappa shape index (κ1) is 20.9. The van der Waals surface area contributed by atoms with Crippen LogP contribution in [0.5, 0.6) is 5.75 Å². The van der Waals surface area contributed by atoms with E-state index in [1.807, 2.05) is 0 Å². The van der Waals surface area contributed by atoms with Crippen molar-refractivity contribution in [3.05, 3.63) is 76.9 Å². The molecule has 4 aromatic rings. The van der Waals surface area contributed by atoms with Crippen LogP contribution in [0, 0.1) is 12.7 Å². The summed E-state index contributed by atoms with van der Waals surface area (Å²) >= 11 is 2.59. The normalized spacial score (nSPS) is 10.8. The van der Waals surface area contributed by atoms with Crippen LogP contribution in [0.3, 0.4) is 0 Å². The van der Waals surface area contributed by atoms with Gasteiger partial charge in [0, 0.05) is 11.3 Å². The SMILES string of the molecule is Cc1nonc1COc1ccc(C(=O)Nc2nnc(SCc3ccccc3F)s2)cc1. The Hall–Kier alpha value is -3.31. The van der Waals surface area contributed by atoms with E-state index in [1.165, 1.54) is 29.2 Å². The summed E-state index contributed by atoms with van der Waals surface area (Å²) in [7, 11) is 0. The smallest absolute Gasteiger partial charge is 0.257 e. The minimum Gasteiger partial charge on any atom is -0.487 e. The van der Waals surface area contributed by atoms with Crippen molar-refractivity contribution in [3.8, 4) is 5.75 Å². The predicted octanol–water partition coefficient (Wildman–Crippen LogP) is 4.49. The van der Waals surface area contributed by atoms with Gasteiger partial charge >= 0.3 is 0 Å². The molecule has 0 aliphatic carbocycles. The summed E-state index contributed by atoms with van der Waals surface area (Å²) in [5.74, 6) is 0.445. The fourth-order valence-electron chi connectivity index (χ4n) is 2.48. The third-order valence-corrected chi connectivity index (χ3v) is 6.20. The third kappa shape index (κ3) is 5.44. The highest BCUT2D eigenvalue weighted by atomic mass is 32.2. The monoisotopic (exact) mass is 457 g/mol. The number of carbonyl (C=O) groups excluding carboxylic acids is 1. The number of thioether (sulfide) groups is 1. The molecule has 0 bridgehead atoms. The zero-order valence-corrected chi connectivity index (χ0v) is 17.9. The van der Waals surface area contributed by atoms with Gasteiger partial charge in [-0.3, -0.25) is 10.1 Å². The van der Waals surface area contributed by atoms with Crippen LogP contribution in [0.15, 0.2) is 57.5 Å². The number of carbonyl (C=O) groups is 1. The van der Waals surface area contributed by atoms with Crippen LogP contribution in [0.1, 0.15) is 27.3 Å². The molecule has 158 valence electrons. The van der Waals surface area contributed by atoms with Crippen LogP contribution in [0.2, 0.25) is 0 Å². The molecule has 1 N–H and O–H groups in total. The molecule has 11 heteroatoms. The molecule has 0 unspecified atom stereocenters. The van der Waals surface area contributed by atoms with E-state index in [9.17, 15) is 9.18 Å². The van der Waals surface area contributed by atoms with Gasteiger partial charge < -0.3 is 4.74 Å². The number of aromatic nitrogens is 4. The Balaban J connectivity index is 1.30. The molecule has 2 aromatic heterocycles. The maximum absolute atomic E-state index is 13.7. The quantitative estimate of drug-likeness (QED) is 0.305. The van der Waals surface area contributed by atoms with E-state index in [2.05, 4.69) is 30.5 Å². The first-order chi connectivity index (χ1) is 15.1. The zero-order chi connectivity index (χ0) is 21.6. The molecule has 0 aliphatic heterocycles. The van der Waals surface area contributed by atoms with E-state index in [4.69, 9.17) is 4.74 Å². The maximum Gasteiger partial charge on any atom is 0.257 e. The molecule has 0 saturated heterocycles. The number of nitrogens with one attached hydrogen (secondary N) is 1. The highest BCUT2D eigenvalue weighted by Gasteiger charge is 2.12. The molecule has 0 aliphatic rings. The van der Waals surface area contributed by atoms with Gasteiger partial charge in [0.25, 0.3) is 5.91 Å². The number of hydrogen-bond donors (Lipinski definition) is 1. The second kappa shape index (κ2) is 9.67. The molecular weight excluding hydrogens is 441 g/mol. The van der Waals surface area contributed by atoms with Gasteiger partial charge in [-0.25, -0.2) is 9.02 Å². The van der Waals surface area contributed by atoms with Crippen LogP contribution < -0.4 is 10.1 Å². The Labute approximate surface area is 184 Å². The highest BCUT2D eigenvalue weighted by Crippen LogP contribution is 2.29. The molecule has 2 heterocycles. The number of hydrogen-bond acceptors (Lipinski definition) is 9. The summed E-state index contributed by atoms with van der Waals surface area (Å²) in [4.78, 5) is 12.4. The lowest BCUT2D eigenvalue weighted by atomic mass is 10.2. The van der Waals surface area contributed by atoms with E-state index in [0.717, 1.165) is 0 Å². The van der Waals surface area contributed by atoms with Crippen molar-refractivity contribution in [2.24, 2.45) is 0 Å². The van der Waals surface area contributed by atoms with Gasteiger partial charge in [0.1, 0.15) is 29.6 Å². The number of benzene rings is 2. The van der Waals surface area contributed by atoms with Crippen LogP contribution >= 0.6 is 23.1 Å². The minimum absolute atomic E-state index is 0.221. The van der Waals surface area contributed by atoms with Crippen molar-refractivity contribution in [1.29, 1.82) is 0 Å². The number of halogens is 1. The summed E-state index contributed by atoms with van der Waals surface area (Å²) < 4.78 is 24.6. The van der Waals surface area contributed by atoms with Crippen molar-refractivity contribution in [2.75, 3.05) is 5.32 Å². The molecule has 0 atom stereocenters. The molecular formula is C20H16FN5O3S2. The number of nitrogens with zero attached hydrogens (tertiary/aromatic N) is 4. The summed E-state index contributed by atoms with van der Waals surface area (Å²) in [5, 5.41) is 18.5. The van der Waals surface area contributed by atoms with Crippen LogP contribution in [0.4, 0.5) is 9.52 Å². The Morgan fingerprint density at radius 1 is 1.16 bits per heavy atom. The number of anilines is 1. The van der Waals surface area contributed by atoms with Crippen molar-refractivity contribution in [3.63, 3.8) is 0 Å². The summed E-state index contributed by atoms with van der Waals surface area (Å²) in [6, 6.07) is 13.2. The second-order valence-electron chi connectivity index (χ2n) is 6.32. The maximum atomic E-state index is 13.7. The van der Waals surface area contributed by atoms with Crippen LogP contribution in [0.25, 0.3) is 0 Å². The lowest BCUT2D eigenvalue weighted by molar-refractivity contribution is 0.102. The molecule has 1 amide bonds. The third-order valence-electron chi connectivity index (χ3n) is 4.17. The van der Waals surface area contributed by atoms with Gasteiger partial charge in [0.05, 0.1) is 0 Å². The molecule has 31 heavy (non-hydrogen) atoms. The minimum atomic E-state index is -0.315. The predicted molar refractivity (Wildman–Crippen MR) is 114 cm³/mol. The molecule has 4 rings (SSSR count). The van der Waals surface area contributed by atoms with E-state index >= 15 is 0 Å². The molecule has 0 saturated carbocycles. The molecule has 0 spiro atoms. The lowest BCUT2D eigenvalue weighted by Crippen LogP contribution is -2.11. The van der Waals surface area contributed by atoms with E-state index in [0.29, 0.717) is 43.5 Å². The lowest BCUT2D eigenvalue weighted by Gasteiger charge is -2.05. The van der Waals surface area contributed by atoms with Gasteiger partial charge in [0.15, 0.2) is 4.34 Å². The van der Waals surface area contributed by atoms with Crippen molar-refractivity contribution < 1.29 is 18.6 Å². The zero-order valence-electron chi connectivity index (χ0n) is 16.2. The number of aryl methyl sites for hydroxylation is 1. The second-order valence-corrected chi connectivity index (χ2v) is 8.52. The van der Waals surface area contributed by atoms with Crippen molar-refractivity contribution in [2.45, 2.75) is 23.6 Å². The summed E-state index contributed by atoms with van der Waals surface area (Å²) in [5.41, 5.74) is 2.31. The van der Waals surface area contributed by atoms with Crippen molar-refractivity contribution in [1.82, 2.24) is 20.5 Å². The Kier molecular flexibility index (Phi) is 6.53. The number of amides is 1. The first-order valence-corrected chi connectivity index (χ1v) is 10.9. The molecule has 8 nitrogen and oxygen atoms in total. The van der Waals surface area contributed by atoms with Gasteiger partial charge in [-0.1, -0.05) is 51.6 Å². The van der Waals surface area contributed by atoms with Crippen LogP contribution in [-0.4, -0.2) is 26.4 Å². The Morgan fingerprint density at radius 2 is 1.97 bits per heavy atom.